The van der Waals surface area contributed by atoms with Crippen molar-refractivity contribution in [1.82, 2.24) is 0 Å². The monoisotopic (exact) mass is 249 g/mol. The van der Waals surface area contributed by atoms with Crippen LogP contribution in [0, 0.1) is 10.1 Å². The SMILES string of the molecule is CCCCCC(=O)C(C)c1ccc([N+](=O)[O-])cc1. The van der Waals surface area contributed by atoms with Gasteiger partial charge in [-0.3, -0.25) is 14.9 Å². The lowest BCUT2D eigenvalue weighted by Crippen LogP contribution is -2.08. The predicted molar refractivity (Wildman–Crippen MR) is 70.7 cm³/mol. The summed E-state index contributed by atoms with van der Waals surface area (Å²) in [6.45, 7) is 3.96. The van der Waals surface area contributed by atoms with Crippen LogP contribution < -0.4 is 0 Å². The van der Waals surface area contributed by atoms with E-state index >= 15 is 0 Å². The molecule has 1 rings (SSSR count). The smallest absolute Gasteiger partial charge is 0.269 e. The largest absolute Gasteiger partial charge is 0.299 e. The average Bonchev–Trinajstić information content (AvgIpc) is 2.38. The standard InChI is InChI=1S/C14H19NO3/c1-3-4-5-6-14(16)11(2)12-7-9-13(10-8-12)15(17)18/h7-11H,3-6H2,1-2H3. The molecule has 0 saturated carbocycles. The number of nitro groups is 1. The number of nitro benzene ring substituents is 1. The van der Waals surface area contributed by atoms with E-state index in [1.165, 1.54) is 12.1 Å². The molecule has 1 aromatic carbocycles. The van der Waals surface area contributed by atoms with Gasteiger partial charge >= 0.3 is 0 Å². The predicted octanol–water partition coefficient (Wildman–Crippen LogP) is 3.85. The maximum absolute atomic E-state index is 11.9. The summed E-state index contributed by atoms with van der Waals surface area (Å²) in [6, 6.07) is 6.23. The van der Waals surface area contributed by atoms with Crippen molar-refractivity contribution in [3.63, 3.8) is 0 Å². The van der Waals surface area contributed by atoms with E-state index in [9.17, 15) is 14.9 Å². The third-order valence-electron chi connectivity index (χ3n) is 3.11. The van der Waals surface area contributed by atoms with Gasteiger partial charge in [0, 0.05) is 24.5 Å². The minimum absolute atomic E-state index is 0.0596. The lowest BCUT2D eigenvalue weighted by atomic mass is 9.93. The van der Waals surface area contributed by atoms with Gasteiger partial charge in [0.05, 0.1) is 4.92 Å². The summed E-state index contributed by atoms with van der Waals surface area (Å²) in [4.78, 5) is 22.0. The van der Waals surface area contributed by atoms with E-state index < -0.39 is 4.92 Å². The zero-order valence-corrected chi connectivity index (χ0v) is 10.9. The molecular formula is C14H19NO3. The molecule has 0 amide bonds. The number of unbranched alkanes of at least 4 members (excludes halogenated alkanes) is 2. The molecule has 0 fully saturated rings. The minimum atomic E-state index is -0.433. The van der Waals surface area contributed by atoms with Crippen molar-refractivity contribution in [2.75, 3.05) is 0 Å². The van der Waals surface area contributed by atoms with Gasteiger partial charge in [-0.25, -0.2) is 0 Å². The lowest BCUT2D eigenvalue weighted by Gasteiger charge is -2.10. The molecule has 0 heterocycles. The van der Waals surface area contributed by atoms with Crippen molar-refractivity contribution in [3.05, 3.63) is 39.9 Å². The van der Waals surface area contributed by atoms with Crippen LogP contribution in [0.15, 0.2) is 24.3 Å². The number of non-ortho nitro benzene ring substituents is 1. The molecule has 0 aliphatic heterocycles. The van der Waals surface area contributed by atoms with Gasteiger partial charge in [-0.05, 0) is 12.0 Å². The minimum Gasteiger partial charge on any atom is -0.299 e. The maximum atomic E-state index is 11.9. The summed E-state index contributed by atoms with van der Waals surface area (Å²) in [5.41, 5.74) is 0.909. The van der Waals surface area contributed by atoms with Crippen LogP contribution in [-0.4, -0.2) is 10.7 Å². The molecule has 0 aliphatic carbocycles. The Hall–Kier alpha value is -1.71. The number of Topliss-reactive ketones (excluding diaryl/α,β-unsaturated/α-hetero) is 1. The summed E-state index contributed by atoms with van der Waals surface area (Å²) >= 11 is 0. The Morgan fingerprint density at radius 1 is 1.28 bits per heavy atom. The summed E-state index contributed by atoms with van der Waals surface area (Å²) < 4.78 is 0. The highest BCUT2D eigenvalue weighted by Gasteiger charge is 2.15. The second-order valence-corrected chi connectivity index (χ2v) is 4.49. The van der Waals surface area contributed by atoms with Crippen LogP contribution in [0.1, 0.15) is 51.0 Å². The number of nitrogens with zero attached hydrogens (tertiary/aromatic N) is 1. The van der Waals surface area contributed by atoms with Gasteiger partial charge in [-0.2, -0.15) is 0 Å². The van der Waals surface area contributed by atoms with Crippen LogP contribution in [0.3, 0.4) is 0 Å². The molecule has 1 atom stereocenters. The van der Waals surface area contributed by atoms with Crippen LogP contribution in [0.5, 0.6) is 0 Å². The molecule has 18 heavy (non-hydrogen) atoms. The fourth-order valence-corrected chi connectivity index (χ4v) is 1.84. The van der Waals surface area contributed by atoms with Gasteiger partial charge in [-0.1, -0.05) is 38.8 Å². The van der Waals surface area contributed by atoms with E-state index in [4.69, 9.17) is 0 Å². The number of ketones is 1. The van der Waals surface area contributed by atoms with Crippen molar-refractivity contribution in [2.24, 2.45) is 0 Å². The number of rotatable bonds is 7. The molecule has 0 saturated heterocycles. The zero-order valence-electron chi connectivity index (χ0n) is 10.9. The van der Waals surface area contributed by atoms with Crippen LogP contribution in [-0.2, 0) is 4.79 Å². The molecule has 0 bridgehead atoms. The molecular weight excluding hydrogens is 230 g/mol. The number of benzene rings is 1. The van der Waals surface area contributed by atoms with Gasteiger partial charge < -0.3 is 0 Å². The third kappa shape index (κ3) is 3.95. The van der Waals surface area contributed by atoms with E-state index in [0.29, 0.717) is 6.42 Å². The van der Waals surface area contributed by atoms with Crippen LogP contribution in [0.2, 0.25) is 0 Å². The van der Waals surface area contributed by atoms with Gasteiger partial charge in [0.1, 0.15) is 5.78 Å². The Balaban J connectivity index is 2.63. The highest BCUT2D eigenvalue weighted by Crippen LogP contribution is 2.21. The van der Waals surface area contributed by atoms with Crippen molar-refractivity contribution >= 4 is 11.5 Å². The first-order chi connectivity index (χ1) is 8.56. The summed E-state index contributed by atoms with van der Waals surface area (Å²) in [6.07, 6.45) is 3.68. The van der Waals surface area contributed by atoms with E-state index in [1.54, 1.807) is 12.1 Å². The van der Waals surface area contributed by atoms with Crippen molar-refractivity contribution in [1.29, 1.82) is 0 Å². The normalized spacial score (nSPS) is 12.1. The first-order valence-electron chi connectivity index (χ1n) is 6.33. The molecule has 4 nitrogen and oxygen atoms in total. The number of carbonyl (C=O) groups excluding carboxylic acids is 1. The lowest BCUT2D eigenvalue weighted by molar-refractivity contribution is -0.384. The number of hydrogen-bond donors (Lipinski definition) is 0. The molecule has 98 valence electrons. The van der Waals surface area contributed by atoms with Crippen LogP contribution >= 0.6 is 0 Å². The van der Waals surface area contributed by atoms with Gasteiger partial charge in [-0.15, -0.1) is 0 Å². The molecule has 0 spiro atoms. The van der Waals surface area contributed by atoms with E-state index in [-0.39, 0.29) is 17.4 Å². The Labute approximate surface area is 107 Å². The highest BCUT2D eigenvalue weighted by atomic mass is 16.6. The second-order valence-electron chi connectivity index (χ2n) is 4.49. The van der Waals surface area contributed by atoms with Crippen molar-refractivity contribution in [3.8, 4) is 0 Å². The van der Waals surface area contributed by atoms with Crippen LogP contribution in [0.25, 0.3) is 0 Å². The quantitative estimate of drug-likeness (QED) is 0.419. The fraction of sp³-hybridized carbons (Fsp3) is 0.500. The molecule has 1 unspecified atom stereocenters. The summed E-state index contributed by atoms with van der Waals surface area (Å²) in [5.74, 6) is 0.0277. The molecule has 0 aliphatic rings. The van der Waals surface area contributed by atoms with Gasteiger partial charge in [0.25, 0.3) is 5.69 Å². The molecule has 0 radical (unpaired) electrons. The topological polar surface area (TPSA) is 60.2 Å². The van der Waals surface area contributed by atoms with E-state index in [2.05, 4.69) is 6.92 Å². The van der Waals surface area contributed by atoms with Gasteiger partial charge in [0.15, 0.2) is 0 Å². The van der Waals surface area contributed by atoms with Crippen LogP contribution in [0.4, 0.5) is 5.69 Å². The van der Waals surface area contributed by atoms with E-state index in [0.717, 1.165) is 24.8 Å². The molecule has 0 N–H and O–H groups in total. The molecule has 1 aromatic rings. The van der Waals surface area contributed by atoms with Crippen molar-refractivity contribution < 1.29 is 9.72 Å². The second kappa shape index (κ2) is 6.89. The third-order valence-corrected chi connectivity index (χ3v) is 3.11. The fourth-order valence-electron chi connectivity index (χ4n) is 1.84. The zero-order chi connectivity index (χ0) is 13.5. The Bertz CT molecular complexity index is 412. The number of carbonyl (C=O) groups is 1. The van der Waals surface area contributed by atoms with Gasteiger partial charge in [0.2, 0.25) is 0 Å². The first-order valence-corrected chi connectivity index (χ1v) is 6.33. The summed E-state index contributed by atoms with van der Waals surface area (Å²) in [7, 11) is 0. The number of hydrogen-bond acceptors (Lipinski definition) is 3. The Kier molecular flexibility index (Phi) is 5.49. The first kappa shape index (κ1) is 14.4. The molecule has 4 heteroatoms. The highest BCUT2D eigenvalue weighted by molar-refractivity contribution is 5.85. The molecule has 0 aromatic heterocycles. The Morgan fingerprint density at radius 3 is 2.39 bits per heavy atom. The Morgan fingerprint density at radius 2 is 1.89 bits per heavy atom. The maximum Gasteiger partial charge on any atom is 0.269 e. The van der Waals surface area contributed by atoms with E-state index in [1.807, 2.05) is 6.92 Å². The average molecular weight is 249 g/mol. The summed E-state index contributed by atoms with van der Waals surface area (Å²) in [5, 5.41) is 10.5. The van der Waals surface area contributed by atoms with Crippen molar-refractivity contribution in [2.45, 2.75) is 45.4 Å².